The molecule has 5 rings (SSSR count). The molecule has 6 atom stereocenters. The Kier molecular flexibility index (Phi) is 5.28. The van der Waals surface area contributed by atoms with Gasteiger partial charge in [0.15, 0.2) is 0 Å². The molecule has 33 heavy (non-hydrogen) atoms. The van der Waals surface area contributed by atoms with Gasteiger partial charge in [0.1, 0.15) is 5.60 Å². The molecule has 2 saturated carbocycles. The number of benzene rings is 1. The fourth-order valence-electron chi connectivity index (χ4n) is 7.05. The molecule has 4 unspecified atom stereocenters. The van der Waals surface area contributed by atoms with Gasteiger partial charge in [0.05, 0.1) is 11.3 Å². The summed E-state index contributed by atoms with van der Waals surface area (Å²) in [5, 5.41) is 10.3. The van der Waals surface area contributed by atoms with Gasteiger partial charge in [-0.3, -0.25) is 14.5 Å². The molecule has 0 aromatic heterocycles. The Bertz CT molecular complexity index is 994. The molecule has 1 aromatic rings. The molecule has 0 bridgehead atoms. The van der Waals surface area contributed by atoms with Gasteiger partial charge in [0.2, 0.25) is 0 Å². The minimum absolute atomic E-state index is 0.0898. The van der Waals surface area contributed by atoms with Gasteiger partial charge in [0, 0.05) is 18.0 Å². The lowest BCUT2D eigenvalue weighted by atomic mass is 9.67. The topological polar surface area (TPSA) is 66.8 Å². The van der Waals surface area contributed by atoms with Crippen LogP contribution in [0.4, 0.5) is 0 Å². The number of carboxylic acids is 1. The van der Waals surface area contributed by atoms with Gasteiger partial charge in [-0.05, 0) is 82.4 Å². The third kappa shape index (κ3) is 3.73. The normalized spacial score (nSPS) is 37.8. The Hall–Kier alpha value is -2.14. The van der Waals surface area contributed by atoms with Crippen molar-refractivity contribution < 1.29 is 19.4 Å². The molecule has 1 heterocycles. The molecule has 5 heteroatoms. The summed E-state index contributed by atoms with van der Waals surface area (Å²) in [7, 11) is 0. The zero-order chi connectivity index (χ0) is 23.6. The number of nitrogens with zero attached hydrogens (tertiary/aromatic N) is 1. The van der Waals surface area contributed by atoms with Crippen LogP contribution in [0.15, 0.2) is 30.3 Å². The van der Waals surface area contributed by atoms with Crippen LogP contribution in [-0.2, 0) is 19.7 Å². The van der Waals surface area contributed by atoms with Crippen LogP contribution in [0.3, 0.4) is 0 Å². The number of esters is 1. The molecular weight excluding hydrogens is 414 g/mol. The van der Waals surface area contributed by atoms with Crippen molar-refractivity contribution in [1.82, 2.24) is 4.90 Å². The Labute approximate surface area is 197 Å². The fraction of sp³-hybridized carbons (Fsp3) is 0.643. The van der Waals surface area contributed by atoms with Gasteiger partial charge in [-0.1, -0.05) is 43.3 Å². The quantitative estimate of drug-likeness (QED) is 0.660. The van der Waals surface area contributed by atoms with Crippen molar-refractivity contribution in [3.05, 3.63) is 41.5 Å². The largest absolute Gasteiger partial charge is 0.481 e. The van der Waals surface area contributed by atoms with Crippen LogP contribution in [0.1, 0.15) is 70.9 Å². The van der Waals surface area contributed by atoms with E-state index in [0.717, 1.165) is 25.9 Å². The molecule has 3 fully saturated rings. The molecule has 4 aliphatic rings. The molecule has 1 saturated heterocycles. The Morgan fingerprint density at radius 2 is 1.94 bits per heavy atom. The van der Waals surface area contributed by atoms with E-state index < -0.39 is 17.0 Å². The molecule has 5 nitrogen and oxygen atoms in total. The Morgan fingerprint density at radius 3 is 2.64 bits per heavy atom. The zero-order valence-electron chi connectivity index (χ0n) is 20.3. The van der Waals surface area contributed by atoms with E-state index in [2.05, 4.69) is 48.2 Å². The minimum Gasteiger partial charge on any atom is -0.481 e. The predicted octanol–water partition coefficient (Wildman–Crippen LogP) is 4.89. The van der Waals surface area contributed by atoms with Crippen molar-refractivity contribution in [2.75, 3.05) is 13.1 Å². The van der Waals surface area contributed by atoms with Crippen LogP contribution in [0.2, 0.25) is 0 Å². The second-order valence-electron chi connectivity index (χ2n) is 11.9. The molecule has 178 valence electrons. The van der Waals surface area contributed by atoms with Crippen LogP contribution in [0.5, 0.6) is 0 Å². The average Bonchev–Trinajstić information content (AvgIpc) is 3.30. The van der Waals surface area contributed by atoms with Gasteiger partial charge in [-0.2, -0.15) is 0 Å². The first-order valence-electron chi connectivity index (χ1n) is 12.5. The number of ether oxygens (including phenoxy) is 1. The number of carboxylic acid groups (broad SMARTS) is 1. The van der Waals surface area contributed by atoms with Gasteiger partial charge in [-0.25, -0.2) is 0 Å². The number of likely N-dealkylation sites (tertiary alicyclic amines) is 1. The van der Waals surface area contributed by atoms with Crippen LogP contribution in [-0.4, -0.2) is 46.7 Å². The number of rotatable bonds is 4. The molecule has 0 amide bonds. The third-order valence-corrected chi connectivity index (χ3v) is 8.90. The summed E-state index contributed by atoms with van der Waals surface area (Å²) in [5.74, 6) is -0.829. The third-order valence-electron chi connectivity index (χ3n) is 8.90. The summed E-state index contributed by atoms with van der Waals surface area (Å²) < 4.78 is 5.57. The highest BCUT2D eigenvalue weighted by Crippen LogP contribution is 2.60. The second-order valence-corrected chi connectivity index (χ2v) is 11.9. The van der Waals surface area contributed by atoms with E-state index in [1.807, 2.05) is 20.8 Å². The lowest BCUT2D eigenvalue weighted by Gasteiger charge is -2.46. The van der Waals surface area contributed by atoms with Gasteiger partial charge in [-0.15, -0.1) is 0 Å². The van der Waals surface area contributed by atoms with Crippen molar-refractivity contribution in [3.8, 4) is 0 Å². The van der Waals surface area contributed by atoms with Crippen LogP contribution in [0.25, 0.3) is 6.08 Å². The van der Waals surface area contributed by atoms with E-state index in [1.165, 1.54) is 11.1 Å². The van der Waals surface area contributed by atoms with Gasteiger partial charge >= 0.3 is 11.9 Å². The van der Waals surface area contributed by atoms with Crippen molar-refractivity contribution in [2.24, 2.45) is 23.2 Å². The summed E-state index contributed by atoms with van der Waals surface area (Å²) >= 11 is 0. The number of hydrogen-bond donors (Lipinski definition) is 1. The van der Waals surface area contributed by atoms with E-state index in [0.29, 0.717) is 25.2 Å². The molecular formula is C28H37NO4. The molecule has 3 aliphatic carbocycles. The molecule has 1 N–H and O–H groups in total. The zero-order valence-corrected chi connectivity index (χ0v) is 20.3. The molecule has 1 aliphatic heterocycles. The van der Waals surface area contributed by atoms with Crippen molar-refractivity contribution in [1.29, 1.82) is 0 Å². The van der Waals surface area contributed by atoms with Crippen molar-refractivity contribution in [3.63, 3.8) is 0 Å². The Morgan fingerprint density at radius 1 is 1.18 bits per heavy atom. The highest BCUT2D eigenvalue weighted by atomic mass is 16.6. The van der Waals surface area contributed by atoms with Crippen molar-refractivity contribution >= 4 is 18.0 Å². The standard InChI is InChI=1S/C28H37NO4/c1-18-17-29(14-13-27(18)11-9-19-7-5-6-8-22(19)27)20-10-12-28(16-20,25(31)32)23-15-21(23)24(30)33-26(2,3)4/h5-9,11,18,20-21,23H,10,12-17H2,1-4H3,(H,31,32)/t18-,20?,21?,23?,27-,28?/m0/s1. The number of carbonyl (C=O) groups excluding carboxylic acids is 1. The van der Waals surface area contributed by atoms with Crippen LogP contribution in [0, 0.1) is 23.2 Å². The molecule has 1 aromatic carbocycles. The van der Waals surface area contributed by atoms with Gasteiger partial charge < -0.3 is 9.84 Å². The number of hydrogen-bond acceptors (Lipinski definition) is 4. The van der Waals surface area contributed by atoms with E-state index in [4.69, 9.17) is 4.74 Å². The first-order valence-corrected chi connectivity index (χ1v) is 12.5. The summed E-state index contributed by atoms with van der Waals surface area (Å²) in [6.45, 7) is 9.91. The smallest absolute Gasteiger partial charge is 0.310 e. The van der Waals surface area contributed by atoms with E-state index in [-0.39, 0.29) is 29.3 Å². The monoisotopic (exact) mass is 451 g/mol. The van der Waals surface area contributed by atoms with E-state index in [9.17, 15) is 14.7 Å². The first-order chi connectivity index (χ1) is 15.6. The number of allylic oxidation sites excluding steroid dienone is 1. The molecule has 0 radical (unpaired) electrons. The summed E-state index contributed by atoms with van der Waals surface area (Å²) in [4.78, 5) is 27.6. The second kappa shape index (κ2) is 7.69. The van der Waals surface area contributed by atoms with Crippen molar-refractivity contribution in [2.45, 2.75) is 76.9 Å². The number of aliphatic carboxylic acids is 1. The maximum Gasteiger partial charge on any atom is 0.310 e. The number of carbonyl (C=O) groups is 2. The average molecular weight is 452 g/mol. The van der Waals surface area contributed by atoms with E-state index in [1.54, 1.807) is 0 Å². The van der Waals surface area contributed by atoms with Crippen LogP contribution < -0.4 is 0 Å². The SMILES string of the molecule is C[C@H]1CN(C2CCC(C(=O)O)(C3CC3C(=O)OC(C)(C)C)C2)CC[C@@]12C=Cc1ccccc12. The minimum atomic E-state index is -0.787. The lowest BCUT2D eigenvalue weighted by molar-refractivity contribution is -0.158. The van der Waals surface area contributed by atoms with Crippen LogP contribution >= 0.6 is 0 Å². The van der Waals surface area contributed by atoms with Gasteiger partial charge in [0.25, 0.3) is 0 Å². The summed E-state index contributed by atoms with van der Waals surface area (Å²) in [6, 6.07) is 9.00. The summed E-state index contributed by atoms with van der Waals surface area (Å²) in [5.41, 5.74) is 1.57. The summed E-state index contributed by atoms with van der Waals surface area (Å²) in [6.07, 6.45) is 8.61. The molecule has 1 spiro atoms. The maximum absolute atomic E-state index is 12.6. The fourth-order valence-corrected chi connectivity index (χ4v) is 7.05. The van der Waals surface area contributed by atoms with E-state index >= 15 is 0 Å². The highest BCUT2D eigenvalue weighted by molar-refractivity contribution is 5.82. The Balaban J connectivity index is 1.27. The number of fused-ring (bicyclic) bond motifs is 2. The first kappa shape index (κ1) is 22.6. The highest BCUT2D eigenvalue weighted by Gasteiger charge is 2.63. The number of piperidine rings is 1. The lowest BCUT2D eigenvalue weighted by Crippen LogP contribution is -2.50. The predicted molar refractivity (Wildman–Crippen MR) is 128 cm³/mol. The maximum atomic E-state index is 12.6.